The largest absolute Gasteiger partial charge is 0.379 e. The van der Waals surface area contributed by atoms with Gasteiger partial charge in [0.15, 0.2) is 5.70 Å². The molecular formula is C23H28N4O2. The molecule has 0 saturated carbocycles. The van der Waals surface area contributed by atoms with Gasteiger partial charge in [-0.2, -0.15) is 0 Å². The fourth-order valence-electron chi connectivity index (χ4n) is 4.14. The van der Waals surface area contributed by atoms with Gasteiger partial charge in [0.1, 0.15) is 0 Å². The highest BCUT2D eigenvalue weighted by Crippen LogP contribution is 2.31. The number of morpholine rings is 1. The Morgan fingerprint density at radius 2 is 1.93 bits per heavy atom. The van der Waals surface area contributed by atoms with Gasteiger partial charge in [-0.1, -0.05) is 12.1 Å². The van der Waals surface area contributed by atoms with E-state index >= 15 is 0 Å². The third kappa shape index (κ3) is 4.87. The van der Waals surface area contributed by atoms with Crippen molar-refractivity contribution in [1.29, 1.82) is 0 Å². The number of hydrogen-bond donors (Lipinski definition) is 1. The molecule has 0 radical (unpaired) electrons. The Balaban J connectivity index is 1.53. The second kappa shape index (κ2) is 9.25. The highest BCUT2D eigenvalue weighted by molar-refractivity contribution is 6.06. The van der Waals surface area contributed by atoms with Gasteiger partial charge in [-0.05, 0) is 49.5 Å². The molecule has 2 fully saturated rings. The van der Waals surface area contributed by atoms with E-state index in [0.29, 0.717) is 17.7 Å². The lowest BCUT2D eigenvalue weighted by atomic mass is 10.1. The molecular weight excluding hydrogens is 364 g/mol. The molecule has 6 heteroatoms. The monoisotopic (exact) mass is 392 g/mol. The summed E-state index contributed by atoms with van der Waals surface area (Å²) in [5.41, 5.74) is 4.44. The maximum Gasteiger partial charge on any atom is 0.250 e. The lowest BCUT2D eigenvalue weighted by Gasteiger charge is -2.32. The lowest BCUT2D eigenvalue weighted by Crippen LogP contribution is -2.35. The molecule has 1 aromatic carbocycles. The third-order valence-electron chi connectivity index (χ3n) is 5.79. The molecule has 0 bridgehead atoms. The van der Waals surface area contributed by atoms with E-state index in [9.17, 15) is 4.79 Å². The van der Waals surface area contributed by atoms with Crippen LogP contribution < -0.4 is 10.2 Å². The number of nitrogens with one attached hydrogen (secondary N) is 1. The minimum absolute atomic E-state index is 0.112. The molecule has 4 rings (SSSR count). The Kier molecular flexibility index (Phi) is 6.28. The highest BCUT2D eigenvalue weighted by atomic mass is 16.5. The zero-order valence-corrected chi connectivity index (χ0v) is 16.8. The number of hydrogen-bond acceptors (Lipinski definition) is 4. The highest BCUT2D eigenvalue weighted by Gasteiger charge is 2.20. The van der Waals surface area contributed by atoms with Crippen molar-refractivity contribution in [3.8, 4) is 0 Å². The second-order valence-corrected chi connectivity index (χ2v) is 7.86. The minimum atomic E-state index is -0.112. The SMILES string of the molecule is [C-]#[N+]C1=CCC(C(=O)Nc2ccc(CN3CCOCC3)cc2N2CCCCC2)=C1. The average molecular weight is 393 g/mol. The zero-order chi connectivity index (χ0) is 20.1. The van der Waals surface area contributed by atoms with Crippen molar-refractivity contribution >= 4 is 17.3 Å². The van der Waals surface area contributed by atoms with Gasteiger partial charge in [-0.3, -0.25) is 9.69 Å². The summed E-state index contributed by atoms with van der Waals surface area (Å²) in [5, 5.41) is 3.11. The molecule has 6 nitrogen and oxygen atoms in total. The second-order valence-electron chi connectivity index (χ2n) is 7.86. The quantitative estimate of drug-likeness (QED) is 0.778. The minimum Gasteiger partial charge on any atom is -0.379 e. The number of amides is 1. The predicted molar refractivity (Wildman–Crippen MR) is 115 cm³/mol. The van der Waals surface area contributed by atoms with E-state index in [1.54, 1.807) is 12.2 Å². The van der Waals surface area contributed by atoms with Crippen molar-refractivity contribution in [3.05, 3.63) is 58.6 Å². The molecule has 1 amide bonds. The van der Waals surface area contributed by atoms with E-state index in [4.69, 9.17) is 11.3 Å². The van der Waals surface area contributed by atoms with Crippen LogP contribution in [0, 0.1) is 6.57 Å². The van der Waals surface area contributed by atoms with Crippen molar-refractivity contribution in [2.75, 3.05) is 49.6 Å². The molecule has 1 N–H and O–H groups in total. The smallest absolute Gasteiger partial charge is 0.250 e. The number of piperidine rings is 1. The van der Waals surface area contributed by atoms with Crippen LogP contribution >= 0.6 is 0 Å². The Labute approximate surface area is 172 Å². The van der Waals surface area contributed by atoms with Crippen LogP contribution in [0.2, 0.25) is 0 Å². The van der Waals surface area contributed by atoms with Crippen molar-refractivity contribution in [2.24, 2.45) is 0 Å². The summed E-state index contributed by atoms with van der Waals surface area (Å²) in [5.74, 6) is -0.112. The molecule has 0 spiro atoms. The summed E-state index contributed by atoms with van der Waals surface area (Å²) in [6, 6.07) is 6.39. The first-order valence-corrected chi connectivity index (χ1v) is 10.5. The molecule has 2 aliphatic heterocycles. The molecule has 0 atom stereocenters. The van der Waals surface area contributed by atoms with Crippen LogP contribution in [-0.2, 0) is 16.1 Å². The zero-order valence-electron chi connectivity index (χ0n) is 16.8. The molecule has 1 aliphatic carbocycles. The first-order valence-electron chi connectivity index (χ1n) is 10.5. The Morgan fingerprint density at radius 3 is 2.66 bits per heavy atom. The number of benzene rings is 1. The Bertz CT molecular complexity index is 856. The van der Waals surface area contributed by atoms with Crippen molar-refractivity contribution in [2.45, 2.75) is 32.2 Å². The molecule has 152 valence electrons. The number of anilines is 2. The van der Waals surface area contributed by atoms with Crippen LogP contribution in [0.3, 0.4) is 0 Å². The van der Waals surface area contributed by atoms with Crippen LogP contribution in [0.15, 0.2) is 41.6 Å². The summed E-state index contributed by atoms with van der Waals surface area (Å²) < 4.78 is 5.46. The Hall–Kier alpha value is -2.62. The van der Waals surface area contributed by atoms with E-state index in [0.717, 1.165) is 57.3 Å². The Morgan fingerprint density at radius 1 is 1.14 bits per heavy atom. The maximum atomic E-state index is 12.8. The van der Waals surface area contributed by atoms with Crippen LogP contribution in [0.5, 0.6) is 0 Å². The fourth-order valence-corrected chi connectivity index (χ4v) is 4.14. The first kappa shape index (κ1) is 19.7. The van der Waals surface area contributed by atoms with Crippen molar-refractivity contribution in [3.63, 3.8) is 0 Å². The molecule has 29 heavy (non-hydrogen) atoms. The molecule has 1 aromatic rings. The normalized spacial score (nSPS) is 20.0. The van der Waals surface area contributed by atoms with Gasteiger partial charge in [0.25, 0.3) is 5.91 Å². The summed E-state index contributed by atoms with van der Waals surface area (Å²) in [6.07, 6.45) is 7.66. The van der Waals surface area contributed by atoms with Gasteiger partial charge in [0, 0.05) is 38.3 Å². The van der Waals surface area contributed by atoms with Crippen LogP contribution in [-0.4, -0.2) is 50.2 Å². The fraction of sp³-hybridized carbons (Fsp3) is 0.478. The molecule has 0 unspecified atom stereocenters. The summed E-state index contributed by atoms with van der Waals surface area (Å²) in [7, 11) is 0. The van der Waals surface area contributed by atoms with Crippen LogP contribution in [0.25, 0.3) is 4.85 Å². The molecule has 0 aromatic heterocycles. The van der Waals surface area contributed by atoms with Crippen LogP contribution in [0.4, 0.5) is 11.4 Å². The number of carbonyl (C=O) groups is 1. The van der Waals surface area contributed by atoms with Gasteiger partial charge in [0.05, 0.1) is 31.2 Å². The molecule has 3 aliphatic rings. The number of ether oxygens (including phenoxy) is 1. The summed E-state index contributed by atoms with van der Waals surface area (Å²) in [4.78, 5) is 21.0. The average Bonchev–Trinajstić information content (AvgIpc) is 3.26. The number of carbonyl (C=O) groups excluding carboxylic acids is 1. The summed E-state index contributed by atoms with van der Waals surface area (Å²) >= 11 is 0. The standard InChI is InChI=1S/C23H28N4O2/c1-24-20-7-6-19(16-20)23(28)25-21-8-5-18(17-26-11-13-29-14-12-26)15-22(21)27-9-3-2-4-10-27/h5,7-8,15-16H,2-4,6,9-14,17H2,(H,25,28). The topological polar surface area (TPSA) is 49.2 Å². The van der Waals surface area contributed by atoms with E-state index in [1.165, 1.54) is 24.8 Å². The summed E-state index contributed by atoms with van der Waals surface area (Å²) in [6.45, 7) is 13.6. The number of rotatable bonds is 5. The molecule has 2 heterocycles. The van der Waals surface area contributed by atoms with E-state index in [1.807, 2.05) is 6.07 Å². The van der Waals surface area contributed by atoms with E-state index in [-0.39, 0.29) is 5.91 Å². The van der Waals surface area contributed by atoms with Gasteiger partial charge in [-0.15, -0.1) is 0 Å². The number of nitrogens with zero attached hydrogens (tertiary/aromatic N) is 3. The van der Waals surface area contributed by atoms with E-state index < -0.39 is 0 Å². The third-order valence-corrected chi connectivity index (χ3v) is 5.79. The van der Waals surface area contributed by atoms with Gasteiger partial charge >= 0.3 is 0 Å². The lowest BCUT2D eigenvalue weighted by molar-refractivity contribution is -0.112. The van der Waals surface area contributed by atoms with Crippen LogP contribution in [0.1, 0.15) is 31.2 Å². The van der Waals surface area contributed by atoms with Gasteiger partial charge in [-0.25, -0.2) is 4.85 Å². The molecule has 2 saturated heterocycles. The first-order chi connectivity index (χ1) is 14.2. The van der Waals surface area contributed by atoms with Crippen molar-refractivity contribution in [1.82, 2.24) is 4.90 Å². The maximum absolute atomic E-state index is 12.8. The van der Waals surface area contributed by atoms with Gasteiger partial charge < -0.3 is 15.0 Å². The number of allylic oxidation sites excluding steroid dienone is 2. The van der Waals surface area contributed by atoms with E-state index in [2.05, 4.69) is 32.1 Å². The van der Waals surface area contributed by atoms with Crippen molar-refractivity contribution < 1.29 is 9.53 Å². The predicted octanol–water partition coefficient (Wildman–Crippen LogP) is 3.58. The van der Waals surface area contributed by atoms with Gasteiger partial charge in [0.2, 0.25) is 0 Å².